The standard InChI is InChI=1S/C26H23Cl2N3O5/c1-31(26(35)36-16-17-11-13-18(27)14-12-17)23(24(33)20-9-5-6-10-21(20)28)25(34)29-15-22(32)30-19-7-3-2-4-8-19/h2-14,23H,15-16H2,1H3,(H,29,34)(H,30,32). The van der Waals surface area contributed by atoms with Crippen LogP contribution in [0, 0.1) is 0 Å². The Hall–Kier alpha value is -3.88. The summed E-state index contributed by atoms with van der Waals surface area (Å²) in [5.41, 5.74) is 1.26. The van der Waals surface area contributed by atoms with Crippen LogP contribution in [0.3, 0.4) is 0 Å². The third-order valence-electron chi connectivity index (χ3n) is 5.07. The number of likely N-dealkylation sites (N-methyl/N-ethyl adjacent to an activating group) is 1. The van der Waals surface area contributed by atoms with Crippen LogP contribution in [0.5, 0.6) is 0 Å². The van der Waals surface area contributed by atoms with Crippen LogP contribution in [0.4, 0.5) is 10.5 Å². The lowest BCUT2D eigenvalue weighted by molar-refractivity contribution is -0.126. The van der Waals surface area contributed by atoms with Crippen molar-refractivity contribution in [3.8, 4) is 0 Å². The highest BCUT2D eigenvalue weighted by molar-refractivity contribution is 6.35. The van der Waals surface area contributed by atoms with Gasteiger partial charge in [0.15, 0.2) is 11.8 Å². The number of anilines is 1. The molecule has 0 spiro atoms. The van der Waals surface area contributed by atoms with E-state index in [0.29, 0.717) is 16.3 Å². The van der Waals surface area contributed by atoms with Gasteiger partial charge in [0.2, 0.25) is 5.91 Å². The lowest BCUT2D eigenvalue weighted by Crippen LogP contribution is -2.53. The first kappa shape index (κ1) is 26.7. The number of nitrogens with zero attached hydrogens (tertiary/aromatic N) is 1. The number of halogens is 2. The van der Waals surface area contributed by atoms with Gasteiger partial charge < -0.3 is 15.4 Å². The van der Waals surface area contributed by atoms with Crippen LogP contribution in [0.25, 0.3) is 0 Å². The van der Waals surface area contributed by atoms with E-state index >= 15 is 0 Å². The Morgan fingerprint density at radius 1 is 0.889 bits per heavy atom. The van der Waals surface area contributed by atoms with Gasteiger partial charge in [-0.1, -0.05) is 65.7 Å². The molecule has 0 heterocycles. The summed E-state index contributed by atoms with van der Waals surface area (Å²) in [6.07, 6.45) is -0.917. The number of para-hydroxylation sites is 1. The summed E-state index contributed by atoms with van der Waals surface area (Å²) in [5.74, 6) is -2.10. The molecule has 0 aliphatic heterocycles. The van der Waals surface area contributed by atoms with Gasteiger partial charge in [0.25, 0.3) is 5.91 Å². The smallest absolute Gasteiger partial charge is 0.410 e. The molecule has 3 aromatic carbocycles. The zero-order chi connectivity index (χ0) is 26.1. The summed E-state index contributed by atoms with van der Waals surface area (Å²) in [6, 6.07) is 19.8. The Morgan fingerprint density at radius 3 is 2.19 bits per heavy atom. The van der Waals surface area contributed by atoms with Crippen molar-refractivity contribution >= 4 is 52.6 Å². The summed E-state index contributed by atoms with van der Waals surface area (Å²) in [4.78, 5) is 52.3. The van der Waals surface area contributed by atoms with Crippen LogP contribution >= 0.6 is 23.2 Å². The van der Waals surface area contributed by atoms with Crippen LogP contribution in [0.2, 0.25) is 10.0 Å². The molecule has 3 rings (SSSR count). The molecule has 0 aliphatic carbocycles. The molecule has 1 atom stereocenters. The maximum absolute atomic E-state index is 13.3. The normalized spacial score (nSPS) is 11.2. The fraction of sp³-hybridized carbons (Fsp3) is 0.154. The molecule has 0 aliphatic rings. The van der Waals surface area contributed by atoms with Crippen LogP contribution in [-0.4, -0.2) is 48.2 Å². The fourth-order valence-electron chi connectivity index (χ4n) is 3.20. The molecule has 3 amide bonds. The molecule has 1 unspecified atom stereocenters. The predicted molar refractivity (Wildman–Crippen MR) is 137 cm³/mol. The zero-order valence-electron chi connectivity index (χ0n) is 19.2. The Balaban J connectivity index is 1.73. The Kier molecular flexibility index (Phi) is 9.44. The Labute approximate surface area is 218 Å². The van der Waals surface area contributed by atoms with Crippen LogP contribution in [0.15, 0.2) is 78.9 Å². The van der Waals surface area contributed by atoms with Crippen LogP contribution in [0.1, 0.15) is 15.9 Å². The van der Waals surface area contributed by atoms with E-state index in [9.17, 15) is 19.2 Å². The number of amides is 3. The molecule has 0 aromatic heterocycles. The summed E-state index contributed by atoms with van der Waals surface area (Å²) >= 11 is 12.0. The van der Waals surface area contributed by atoms with E-state index in [1.807, 2.05) is 0 Å². The van der Waals surface area contributed by atoms with Gasteiger partial charge in [-0.05, 0) is 42.0 Å². The number of carbonyl (C=O) groups excluding carboxylic acids is 4. The van der Waals surface area contributed by atoms with Crippen LogP contribution < -0.4 is 10.6 Å². The van der Waals surface area contributed by atoms with Gasteiger partial charge in [-0.2, -0.15) is 0 Å². The molecule has 8 nitrogen and oxygen atoms in total. The molecule has 10 heteroatoms. The van der Waals surface area contributed by atoms with Gasteiger partial charge in [0, 0.05) is 23.3 Å². The van der Waals surface area contributed by atoms with E-state index < -0.39 is 36.3 Å². The molecular weight excluding hydrogens is 505 g/mol. The van der Waals surface area contributed by atoms with E-state index in [-0.39, 0.29) is 17.2 Å². The van der Waals surface area contributed by atoms with Crippen molar-refractivity contribution in [2.45, 2.75) is 12.6 Å². The quantitative estimate of drug-likeness (QED) is 0.313. The lowest BCUT2D eigenvalue weighted by atomic mass is 10.0. The second kappa shape index (κ2) is 12.7. The van der Waals surface area contributed by atoms with Gasteiger partial charge >= 0.3 is 6.09 Å². The van der Waals surface area contributed by atoms with Crippen molar-refractivity contribution in [3.05, 3.63) is 100 Å². The minimum Gasteiger partial charge on any atom is -0.445 e. The number of carbonyl (C=O) groups is 4. The lowest BCUT2D eigenvalue weighted by Gasteiger charge is -2.26. The molecule has 0 radical (unpaired) electrons. The third-order valence-corrected chi connectivity index (χ3v) is 5.65. The first-order chi connectivity index (χ1) is 17.3. The average molecular weight is 528 g/mol. The average Bonchev–Trinajstić information content (AvgIpc) is 2.87. The van der Waals surface area contributed by atoms with Crippen molar-refractivity contribution in [1.82, 2.24) is 10.2 Å². The Morgan fingerprint density at radius 2 is 1.53 bits per heavy atom. The van der Waals surface area contributed by atoms with Gasteiger partial charge in [-0.15, -0.1) is 0 Å². The van der Waals surface area contributed by atoms with E-state index in [2.05, 4.69) is 10.6 Å². The largest absolute Gasteiger partial charge is 0.445 e. The molecule has 0 saturated heterocycles. The number of Topliss-reactive ketones (excluding diaryl/α,β-unsaturated/α-hetero) is 1. The van der Waals surface area contributed by atoms with Gasteiger partial charge in [-0.25, -0.2) is 4.79 Å². The van der Waals surface area contributed by atoms with Gasteiger partial charge in [0.1, 0.15) is 6.61 Å². The summed E-state index contributed by atoms with van der Waals surface area (Å²) in [7, 11) is 1.26. The second-order valence-electron chi connectivity index (χ2n) is 7.67. The highest BCUT2D eigenvalue weighted by Crippen LogP contribution is 2.19. The number of rotatable bonds is 9. The molecule has 2 N–H and O–H groups in total. The van der Waals surface area contributed by atoms with E-state index in [1.165, 1.54) is 19.2 Å². The highest BCUT2D eigenvalue weighted by Gasteiger charge is 2.36. The third kappa shape index (κ3) is 7.31. The van der Waals surface area contributed by atoms with Gasteiger partial charge in [0.05, 0.1) is 11.6 Å². The summed E-state index contributed by atoms with van der Waals surface area (Å²) < 4.78 is 5.28. The number of benzene rings is 3. The van der Waals surface area contributed by atoms with E-state index in [4.69, 9.17) is 27.9 Å². The maximum atomic E-state index is 13.3. The van der Waals surface area contributed by atoms with Crippen molar-refractivity contribution in [2.24, 2.45) is 0 Å². The number of hydrogen-bond donors (Lipinski definition) is 2. The fourth-order valence-corrected chi connectivity index (χ4v) is 3.56. The van der Waals surface area contributed by atoms with Crippen molar-refractivity contribution < 1.29 is 23.9 Å². The highest BCUT2D eigenvalue weighted by atomic mass is 35.5. The zero-order valence-corrected chi connectivity index (χ0v) is 20.8. The van der Waals surface area contributed by atoms with Crippen molar-refractivity contribution in [3.63, 3.8) is 0 Å². The van der Waals surface area contributed by atoms with Crippen molar-refractivity contribution in [1.29, 1.82) is 0 Å². The number of hydrogen-bond acceptors (Lipinski definition) is 5. The monoisotopic (exact) mass is 527 g/mol. The maximum Gasteiger partial charge on any atom is 0.410 e. The topological polar surface area (TPSA) is 105 Å². The molecular formula is C26H23Cl2N3O5. The number of ketones is 1. The minimum absolute atomic E-state index is 0.0467. The Bertz CT molecular complexity index is 1240. The number of ether oxygens (including phenoxy) is 1. The first-order valence-electron chi connectivity index (χ1n) is 10.8. The first-order valence-corrected chi connectivity index (χ1v) is 11.6. The minimum atomic E-state index is -1.63. The summed E-state index contributed by atoms with van der Waals surface area (Å²) in [6.45, 7) is -0.526. The van der Waals surface area contributed by atoms with Gasteiger partial charge in [-0.3, -0.25) is 19.3 Å². The molecule has 3 aromatic rings. The SMILES string of the molecule is CN(C(=O)OCc1ccc(Cl)cc1)C(C(=O)NCC(=O)Nc1ccccc1)C(=O)c1ccccc1Cl. The molecule has 0 bridgehead atoms. The number of nitrogens with one attached hydrogen (secondary N) is 2. The summed E-state index contributed by atoms with van der Waals surface area (Å²) in [5, 5.41) is 5.68. The van der Waals surface area contributed by atoms with Crippen LogP contribution in [-0.2, 0) is 20.9 Å². The molecule has 0 fully saturated rings. The van der Waals surface area contributed by atoms with E-state index in [0.717, 1.165) is 4.90 Å². The molecule has 36 heavy (non-hydrogen) atoms. The van der Waals surface area contributed by atoms with E-state index in [1.54, 1.807) is 66.7 Å². The molecule has 0 saturated carbocycles. The molecule has 186 valence electrons. The second-order valence-corrected chi connectivity index (χ2v) is 8.51. The predicted octanol–water partition coefficient (Wildman–Crippen LogP) is 4.57. The van der Waals surface area contributed by atoms with Crippen molar-refractivity contribution in [2.75, 3.05) is 18.9 Å².